The van der Waals surface area contributed by atoms with E-state index >= 15 is 0 Å². The Morgan fingerprint density at radius 2 is 1.78 bits per heavy atom. The first-order valence-electron chi connectivity index (χ1n) is 10.2. The SMILES string of the molecule is Cc1csc(NC(=O)C2CCN(C(=O)Cc3csc(NC(=O)Cc4cccs4)n3)CC2)n1. The highest BCUT2D eigenvalue weighted by Gasteiger charge is 2.28. The molecule has 11 heteroatoms. The van der Waals surface area contributed by atoms with Gasteiger partial charge in [-0.2, -0.15) is 0 Å². The quantitative estimate of drug-likeness (QED) is 0.528. The van der Waals surface area contributed by atoms with Gasteiger partial charge in [-0.25, -0.2) is 9.97 Å². The maximum atomic E-state index is 12.7. The van der Waals surface area contributed by atoms with Gasteiger partial charge in [-0.15, -0.1) is 34.0 Å². The molecule has 3 amide bonds. The van der Waals surface area contributed by atoms with Crippen LogP contribution in [0.25, 0.3) is 0 Å². The Morgan fingerprint density at radius 1 is 1.03 bits per heavy atom. The normalized spacial score (nSPS) is 14.3. The number of anilines is 2. The first-order valence-corrected chi connectivity index (χ1v) is 12.9. The molecule has 1 aliphatic rings. The molecule has 1 fully saturated rings. The Balaban J connectivity index is 1.22. The zero-order chi connectivity index (χ0) is 22.5. The van der Waals surface area contributed by atoms with Crippen LogP contribution in [0.15, 0.2) is 28.3 Å². The molecule has 0 radical (unpaired) electrons. The number of thiazole rings is 2. The van der Waals surface area contributed by atoms with Crippen LogP contribution in [0.1, 0.15) is 29.1 Å². The van der Waals surface area contributed by atoms with Crippen molar-refractivity contribution in [1.29, 1.82) is 0 Å². The minimum Gasteiger partial charge on any atom is -0.342 e. The van der Waals surface area contributed by atoms with Gasteiger partial charge in [-0.1, -0.05) is 6.07 Å². The molecule has 168 valence electrons. The number of aryl methyl sites for hydroxylation is 1. The van der Waals surface area contributed by atoms with Crippen LogP contribution in [0.2, 0.25) is 0 Å². The molecule has 0 bridgehead atoms. The van der Waals surface area contributed by atoms with E-state index in [2.05, 4.69) is 20.6 Å². The average molecular weight is 490 g/mol. The number of thiophene rings is 1. The van der Waals surface area contributed by atoms with Gasteiger partial charge in [0, 0.05) is 34.6 Å². The molecule has 1 saturated heterocycles. The number of amides is 3. The van der Waals surface area contributed by atoms with E-state index in [1.165, 1.54) is 34.0 Å². The number of likely N-dealkylation sites (tertiary alicyclic amines) is 1. The lowest BCUT2D eigenvalue weighted by Gasteiger charge is -2.31. The van der Waals surface area contributed by atoms with Crippen LogP contribution in [0.3, 0.4) is 0 Å². The third-order valence-electron chi connectivity index (χ3n) is 5.11. The van der Waals surface area contributed by atoms with Crippen LogP contribution in [-0.2, 0) is 27.2 Å². The lowest BCUT2D eigenvalue weighted by Crippen LogP contribution is -2.42. The standard InChI is InChI=1S/C21H23N5O3S3/c1-13-11-31-20(22-13)25-19(29)14-4-6-26(7-5-14)18(28)9-15-12-32-21(23-15)24-17(27)10-16-3-2-8-30-16/h2-3,8,11-12,14H,4-7,9-10H2,1H3,(H,22,25,29)(H,23,24,27). The summed E-state index contributed by atoms with van der Waals surface area (Å²) in [5, 5.41) is 12.4. The van der Waals surface area contributed by atoms with Crippen molar-refractivity contribution in [1.82, 2.24) is 14.9 Å². The second kappa shape index (κ2) is 10.3. The Labute approximate surface area is 197 Å². The smallest absolute Gasteiger partial charge is 0.231 e. The van der Waals surface area contributed by atoms with E-state index in [1.54, 1.807) is 10.3 Å². The Bertz CT molecular complexity index is 1080. The molecule has 3 aromatic heterocycles. The first-order chi connectivity index (χ1) is 15.5. The van der Waals surface area contributed by atoms with E-state index in [1.807, 2.05) is 29.8 Å². The molecule has 1 aliphatic heterocycles. The summed E-state index contributed by atoms with van der Waals surface area (Å²) in [5.74, 6) is -0.282. The van der Waals surface area contributed by atoms with Gasteiger partial charge in [-0.05, 0) is 31.2 Å². The number of nitrogens with one attached hydrogen (secondary N) is 2. The van der Waals surface area contributed by atoms with Gasteiger partial charge < -0.3 is 15.5 Å². The monoisotopic (exact) mass is 489 g/mol. The number of hydrogen-bond acceptors (Lipinski definition) is 8. The molecular weight excluding hydrogens is 466 g/mol. The molecule has 0 saturated carbocycles. The minimum absolute atomic E-state index is 0.0128. The fraction of sp³-hybridized carbons (Fsp3) is 0.381. The van der Waals surface area contributed by atoms with Crippen molar-refractivity contribution in [3.63, 3.8) is 0 Å². The second-order valence-corrected chi connectivity index (χ2v) is 10.3. The first kappa shape index (κ1) is 22.6. The molecule has 0 spiro atoms. The number of carbonyl (C=O) groups is 3. The van der Waals surface area contributed by atoms with Crippen LogP contribution in [0.5, 0.6) is 0 Å². The molecule has 0 aliphatic carbocycles. The van der Waals surface area contributed by atoms with Crippen molar-refractivity contribution >= 4 is 62.0 Å². The molecule has 3 aromatic rings. The van der Waals surface area contributed by atoms with E-state index in [0.29, 0.717) is 48.3 Å². The summed E-state index contributed by atoms with van der Waals surface area (Å²) < 4.78 is 0. The number of rotatable bonds is 7. The molecule has 0 atom stereocenters. The number of aromatic nitrogens is 2. The number of piperidine rings is 1. The molecule has 4 rings (SSSR count). The van der Waals surface area contributed by atoms with Gasteiger partial charge in [0.25, 0.3) is 0 Å². The van der Waals surface area contributed by atoms with Crippen molar-refractivity contribution in [2.45, 2.75) is 32.6 Å². The third-order valence-corrected chi connectivity index (χ3v) is 7.67. The van der Waals surface area contributed by atoms with Crippen LogP contribution in [-0.4, -0.2) is 45.7 Å². The highest BCUT2D eigenvalue weighted by atomic mass is 32.1. The summed E-state index contributed by atoms with van der Waals surface area (Å²) in [6.45, 7) is 2.98. The van der Waals surface area contributed by atoms with Crippen LogP contribution >= 0.6 is 34.0 Å². The van der Waals surface area contributed by atoms with E-state index in [-0.39, 0.29) is 30.1 Å². The predicted molar refractivity (Wildman–Crippen MR) is 127 cm³/mol. The highest BCUT2D eigenvalue weighted by molar-refractivity contribution is 7.14. The summed E-state index contributed by atoms with van der Waals surface area (Å²) in [6, 6.07) is 3.83. The van der Waals surface area contributed by atoms with Crippen molar-refractivity contribution in [2.24, 2.45) is 5.92 Å². The zero-order valence-corrected chi connectivity index (χ0v) is 19.9. The second-order valence-electron chi connectivity index (χ2n) is 7.56. The average Bonchev–Trinajstić information content (AvgIpc) is 3.52. The maximum Gasteiger partial charge on any atom is 0.231 e. The predicted octanol–water partition coefficient (Wildman–Crippen LogP) is 3.57. The van der Waals surface area contributed by atoms with Crippen LogP contribution < -0.4 is 10.6 Å². The van der Waals surface area contributed by atoms with Crippen molar-refractivity contribution in [3.8, 4) is 0 Å². The summed E-state index contributed by atoms with van der Waals surface area (Å²) >= 11 is 4.27. The van der Waals surface area contributed by atoms with E-state index in [4.69, 9.17) is 0 Å². The summed E-state index contributed by atoms with van der Waals surface area (Å²) in [7, 11) is 0. The van der Waals surface area contributed by atoms with Crippen molar-refractivity contribution < 1.29 is 14.4 Å². The number of nitrogens with zero attached hydrogens (tertiary/aromatic N) is 3. The molecule has 0 unspecified atom stereocenters. The highest BCUT2D eigenvalue weighted by Crippen LogP contribution is 2.23. The fourth-order valence-corrected chi connectivity index (χ4v) is 5.58. The van der Waals surface area contributed by atoms with Gasteiger partial charge in [-0.3, -0.25) is 14.4 Å². The molecule has 0 aromatic carbocycles. The Hall–Kier alpha value is -2.63. The lowest BCUT2D eigenvalue weighted by molar-refractivity contribution is -0.133. The van der Waals surface area contributed by atoms with Gasteiger partial charge in [0.15, 0.2) is 10.3 Å². The molecule has 32 heavy (non-hydrogen) atoms. The van der Waals surface area contributed by atoms with Gasteiger partial charge >= 0.3 is 0 Å². The summed E-state index contributed by atoms with van der Waals surface area (Å²) in [4.78, 5) is 48.7. The van der Waals surface area contributed by atoms with Gasteiger partial charge in [0.05, 0.1) is 24.2 Å². The van der Waals surface area contributed by atoms with E-state index < -0.39 is 0 Å². The molecule has 8 nitrogen and oxygen atoms in total. The van der Waals surface area contributed by atoms with E-state index in [9.17, 15) is 14.4 Å². The summed E-state index contributed by atoms with van der Waals surface area (Å²) in [6.07, 6.45) is 1.76. The van der Waals surface area contributed by atoms with Crippen molar-refractivity contribution in [2.75, 3.05) is 23.7 Å². The zero-order valence-electron chi connectivity index (χ0n) is 17.5. The van der Waals surface area contributed by atoms with Crippen molar-refractivity contribution in [3.05, 3.63) is 44.5 Å². The van der Waals surface area contributed by atoms with Gasteiger partial charge in [0.2, 0.25) is 17.7 Å². The fourth-order valence-electron chi connectivity index (χ4n) is 3.46. The van der Waals surface area contributed by atoms with Crippen LogP contribution in [0.4, 0.5) is 10.3 Å². The number of hydrogen-bond donors (Lipinski definition) is 2. The largest absolute Gasteiger partial charge is 0.342 e. The Kier molecular flexibility index (Phi) is 7.28. The minimum atomic E-state index is -0.118. The molecule has 2 N–H and O–H groups in total. The molecule has 4 heterocycles. The van der Waals surface area contributed by atoms with Crippen LogP contribution in [0, 0.1) is 12.8 Å². The maximum absolute atomic E-state index is 12.7. The summed E-state index contributed by atoms with van der Waals surface area (Å²) in [5.41, 5.74) is 1.53. The topological polar surface area (TPSA) is 104 Å². The third kappa shape index (κ3) is 5.99. The molecular formula is C21H23N5O3S3. The van der Waals surface area contributed by atoms with Gasteiger partial charge in [0.1, 0.15) is 0 Å². The van der Waals surface area contributed by atoms with E-state index in [0.717, 1.165) is 10.6 Å². The number of carbonyl (C=O) groups excluding carboxylic acids is 3. The Morgan fingerprint density at radius 3 is 2.47 bits per heavy atom. The lowest BCUT2D eigenvalue weighted by atomic mass is 9.95.